The van der Waals surface area contributed by atoms with E-state index in [9.17, 15) is 18.8 Å². The number of halogens is 2. The number of piperazine rings is 1. The van der Waals surface area contributed by atoms with Gasteiger partial charge in [0, 0.05) is 88.6 Å². The van der Waals surface area contributed by atoms with Gasteiger partial charge in [0.25, 0.3) is 11.8 Å². The van der Waals surface area contributed by atoms with Crippen molar-refractivity contribution in [3.05, 3.63) is 95.6 Å². The molecule has 15 heteroatoms. The second kappa shape index (κ2) is 14.9. The lowest BCUT2D eigenvalue weighted by molar-refractivity contribution is -0.131. The predicted molar refractivity (Wildman–Crippen MR) is 194 cm³/mol. The maximum Gasteiger partial charge on any atom is 0.270 e. The van der Waals surface area contributed by atoms with Gasteiger partial charge in [-0.3, -0.25) is 19.1 Å². The number of benzene rings is 2. The van der Waals surface area contributed by atoms with E-state index in [-0.39, 0.29) is 41.9 Å². The fourth-order valence-electron chi connectivity index (χ4n) is 6.86. The van der Waals surface area contributed by atoms with Crippen LogP contribution in [0.1, 0.15) is 39.3 Å². The lowest BCUT2D eigenvalue weighted by Crippen LogP contribution is -2.49. The van der Waals surface area contributed by atoms with E-state index in [1.54, 1.807) is 65.2 Å². The molecular weight excluding hydrogens is 684 g/mol. The number of nitrogens with zero attached hydrogens (tertiary/aromatic N) is 8. The number of carbonyl (C=O) groups excluding carboxylic acids is 3. The molecule has 5 aromatic rings. The van der Waals surface area contributed by atoms with Crippen molar-refractivity contribution in [2.45, 2.75) is 19.4 Å². The van der Waals surface area contributed by atoms with Crippen LogP contribution in [0.15, 0.2) is 67.1 Å². The minimum atomic E-state index is -0.523. The molecule has 0 bridgehead atoms. The summed E-state index contributed by atoms with van der Waals surface area (Å²) in [4.78, 5) is 53.9. The minimum absolute atomic E-state index is 0.0736. The Labute approximate surface area is 304 Å². The molecular formula is C38H39F2N9O4. The van der Waals surface area contributed by atoms with E-state index in [1.165, 1.54) is 18.1 Å². The van der Waals surface area contributed by atoms with Gasteiger partial charge in [-0.05, 0) is 47.4 Å². The smallest absolute Gasteiger partial charge is 0.270 e. The number of hydrogen-bond donors (Lipinski definition) is 1. The van der Waals surface area contributed by atoms with Gasteiger partial charge in [0.1, 0.15) is 11.5 Å². The van der Waals surface area contributed by atoms with Crippen LogP contribution in [0.5, 0.6) is 5.75 Å². The number of aromatic amines is 1. The first-order valence-corrected chi connectivity index (χ1v) is 17.3. The molecule has 274 valence electrons. The molecule has 1 fully saturated rings. The minimum Gasteiger partial charge on any atom is -0.493 e. The van der Waals surface area contributed by atoms with Crippen LogP contribution in [-0.4, -0.2) is 118 Å². The van der Waals surface area contributed by atoms with Gasteiger partial charge in [-0.15, -0.1) is 5.10 Å². The number of anilines is 1. The van der Waals surface area contributed by atoms with Crippen molar-refractivity contribution < 1.29 is 27.9 Å². The first kappa shape index (κ1) is 35.3. The zero-order valence-corrected chi connectivity index (χ0v) is 29.7. The predicted octanol–water partition coefficient (Wildman–Crippen LogP) is 4.48. The van der Waals surface area contributed by atoms with Crippen LogP contribution in [0.3, 0.4) is 0 Å². The van der Waals surface area contributed by atoms with Crippen molar-refractivity contribution in [2.24, 2.45) is 0 Å². The van der Waals surface area contributed by atoms with Crippen molar-refractivity contribution in [2.75, 3.05) is 65.4 Å². The van der Waals surface area contributed by atoms with E-state index in [4.69, 9.17) is 4.74 Å². The highest BCUT2D eigenvalue weighted by Gasteiger charge is 2.28. The number of nitrogens with one attached hydrogen (secondary N) is 1. The lowest BCUT2D eigenvalue weighted by Gasteiger charge is -2.35. The summed E-state index contributed by atoms with van der Waals surface area (Å²) in [7, 11) is 4.82. The van der Waals surface area contributed by atoms with Crippen LogP contribution in [-0.2, 0) is 11.3 Å². The average Bonchev–Trinajstić information content (AvgIpc) is 3.88. The zero-order valence-electron chi connectivity index (χ0n) is 29.7. The van der Waals surface area contributed by atoms with Crippen molar-refractivity contribution in [1.29, 1.82) is 0 Å². The highest BCUT2D eigenvalue weighted by atomic mass is 19.1. The molecule has 0 radical (unpaired) electrons. The number of pyridine rings is 1. The van der Waals surface area contributed by atoms with Gasteiger partial charge in [-0.25, -0.2) is 13.8 Å². The Morgan fingerprint density at radius 3 is 2.43 bits per heavy atom. The van der Waals surface area contributed by atoms with E-state index in [1.807, 2.05) is 23.1 Å². The summed E-state index contributed by atoms with van der Waals surface area (Å²) < 4.78 is 37.4. The summed E-state index contributed by atoms with van der Waals surface area (Å²) in [5.41, 5.74) is 3.29. The molecule has 5 heterocycles. The molecule has 0 aliphatic carbocycles. The number of H-pyrrole nitrogens is 1. The first-order valence-electron chi connectivity index (χ1n) is 17.3. The number of hydrogen-bond acceptors (Lipinski definition) is 8. The topological polar surface area (TPSA) is 133 Å². The Balaban J connectivity index is 1.19. The van der Waals surface area contributed by atoms with E-state index in [0.717, 1.165) is 11.8 Å². The normalized spacial score (nSPS) is 14.7. The van der Waals surface area contributed by atoms with Gasteiger partial charge < -0.3 is 29.3 Å². The van der Waals surface area contributed by atoms with E-state index >= 15 is 4.39 Å². The van der Waals surface area contributed by atoms with Gasteiger partial charge in [-0.2, -0.15) is 0 Å². The summed E-state index contributed by atoms with van der Waals surface area (Å²) in [6, 6.07) is 11.8. The number of carbonyl (C=O) groups is 3. The largest absolute Gasteiger partial charge is 0.493 e. The van der Waals surface area contributed by atoms with Gasteiger partial charge in [0.15, 0.2) is 17.4 Å². The summed E-state index contributed by atoms with van der Waals surface area (Å²) in [5, 5.41) is 8.23. The molecule has 2 aliphatic rings. The number of aromatic nitrogens is 5. The van der Waals surface area contributed by atoms with Gasteiger partial charge >= 0.3 is 0 Å². The molecule has 3 aromatic heterocycles. The number of methoxy groups -OCH3 is 1. The fraction of sp³-hybridized carbons (Fsp3) is 0.316. The Morgan fingerprint density at radius 2 is 1.74 bits per heavy atom. The van der Waals surface area contributed by atoms with Crippen LogP contribution in [0.2, 0.25) is 0 Å². The van der Waals surface area contributed by atoms with E-state index in [2.05, 4.69) is 20.3 Å². The van der Waals surface area contributed by atoms with Gasteiger partial charge in [0.05, 0.1) is 31.6 Å². The maximum absolute atomic E-state index is 16.7. The van der Waals surface area contributed by atoms with Crippen LogP contribution in [0.25, 0.3) is 27.6 Å². The summed E-state index contributed by atoms with van der Waals surface area (Å²) in [6.45, 7) is 2.69. The number of ether oxygens (including phenoxy) is 1. The van der Waals surface area contributed by atoms with Crippen molar-refractivity contribution in [3.8, 4) is 16.9 Å². The standard InChI is InChI=1S/C38H39F2N9O4/c1-45(2)37(51)25-8-6-24(7-9-25)28-20-29(26-5-4-12-48(23-26)33(50)10-13-49-14-11-42-44-49)34(40)35-30(28)21-31(43-35)38(52)47-17-15-46(16-18-47)36-32(53-3)19-27(39)22-41-36/h5-9,11,14,19-22,43H,4,10,12-13,15-18,23H2,1-3H3. The molecule has 0 spiro atoms. The Bertz CT molecular complexity index is 2190. The summed E-state index contributed by atoms with van der Waals surface area (Å²) in [5.74, 6) is -0.733. The molecule has 53 heavy (non-hydrogen) atoms. The lowest BCUT2D eigenvalue weighted by atomic mass is 9.93. The molecule has 2 aliphatic heterocycles. The van der Waals surface area contributed by atoms with Crippen molar-refractivity contribution in [1.82, 2.24) is 39.7 Å². The van der Waals surface area contributed by atoms with Crippen LogP contribution < -0.4 is 9.64 Å². The second-order valence-electron chi connectivity index (χ2n) is 13.2. The fourth-order valence-corrected chi connectivity index (χ4v) is 6.86. The third kappa shape index (κ3) is 7.19. The molecule has 2 aromatic carbocycles. The van der Waals surface area contributed by atoms with Crippen molar-refractivity contribution >= 4 is 40.0 Å². The summed E-state index contributed by atoms with van der Waals surface area (Å²) >= 11 is 0. The molecule has 0 unspecified atom stereocenters. The maximum atomic E-state index is 16.7. The molecule has 1 saturated heterocycles. The van der Waals surface area contributed by atoms with Gasteiger partial charge in [0.2, 0.25) is 5.91 Å². The third-order valence-electron chi connectivity index (χ3n) is 9.69. The quantitative estimate of drug-likeness (QED) is 0.236. The monoisotopic (exact) mass is 723 g/mol. The molecule has 0 saturated carbocycles. The molecule has 13 nitrogen and oxygen atoms in total. The Kier molecular flexibility index (Phi) is 9.89. The van der Waals surface area contributed by atoms with E-state index in [0.29, 0.717) is 84.9 Å². The number of amides is 3. The van der Waals surface area contributed by atoms with Crippen LogP contribution in [0.4, 0.5) is 14.6 Å². The summed E-state index contributed by atoms with van der Waals surface area (Å²) in [6.07, 6.45) is 7.12. The molecule has 3 amide bonds. The molecule has 1 N–H and O–H groups in total. The van der Waals surface area contributed by atoms with Crippen LogP contribution >= 0.6 is 0 Å². The Hall–Kier alpha value is -6.12. The Morgan fingerprint density at radius 1 is 0.962 bits per heavy atom. The second-order valence-corrected chi connectivity index (χ2v) is 13.2. The first-order chi connectivity index (χ1) is 25.6. The van der Waals surface area contributed by atoms with Crippen LogP contribution in [0, 0.1) is 11.6 Å². The molecule has 0 atom stereocenters. The van der Waals surface area contributed by atoms with Gasteiger partial charge in [-0.1, -0.05) is 23.4 Å². The zero-order chi connectivity index (χ0) is 37.2. The SMILES string of the molecule is COc1cc(F)cnc1N1CCN(C(=O)c2cc3c(-c4ccc(C(=O)N(C)C)cc4)cc(C4=CCCN(C(=O)CCn5ccnn5)C4)c(F)c3[nH]2)CC1. The molecule has 7 rings (SSSR count). The highest BCUT2D eigenvalue weighted by Crippen LogP contribution is 2.37. The third-order valence-corrected chi connectivity index (χ3v) is 9.69. The van der Waals surface area contributed by atoms with E-state index < -0.39 is 11.6 Å². The number of aryl methyl sites for hydroxylation is 1. The highest BCUT2D eigenvalue weighted by molar-refractivity contribution is 6.05. The van der Waals surface area contributed by atoms with Crippen molar-refractivity contribution in [3.63, 3.8) is 0 Å². The average molecular weight is 724 g/mol. The number of rotatable bonds is 9. The number of fused-ring (bicyclic) bond motifs is 1.